The van der Waals surface area contributed by atoms with Crippen molar-refractivity contribution >= 4 is 0 Å². The van der Waals surface area contributed by atoms with Crippen molar-refractivity contribution in [2.24, 2.45) is 0 Å². The molecule has 2 atom stereocenters. The third-order valence-electron chi connectivity index (χ3n) is 3.48. The monoisotopic (exact) mass is 178 g/mol. The normalized spacial score (nSPS) is 33.0. The Balaban J connectivity index is 2.07. The number of nitrogens with one attached hydrogen (secondary N) is 1. The molecule has 1 aromatic rings. The number of fused-ring (bicyclic) bond motifs is 4. The van der Waals surface area contributed by atoms with E-state index in [4.69, 9.17) is 0 Å². The molecule has 2 aliphatic heterocycles. The Hall–Kier alpha value is -0.900. The highest BCUT2D eigenvalue weighted by Gasteiger charge is 2.37. The molecule has 0 radical (unpaired) electrons. The Morgan fingerprint density at radius 2 is 2.31 bits per heavy atom. The van der Waals surface area contributed by atoms with Crippen molar-refractivity contribution in [1.82, 2.24) is 20.3 Å². The van der Waals surface area contributed by atoms with Gasteiger partial charge in [0.25, 0.3) is 0 Å². The first-order chi connectivity index (χ1) is 6.36. The third-order valence-corrected chi connectivity index (χ3v) is 3.48. The number of hydrogen-bond donors (Lipinski definition) is 1. The van der Waals surface area contributed by atoms with E-state index in [1.165, 1.54) is 30.7 Å². The molecule has 1 saturated heterocycles. The number of aromatic amines is 1. The van der Waals surface area contributed by atoms with Gasteiger partial charge in [-0.05, 0) is 26.3 Å². The fourth-order valence-electron chi connectivity index (χ4n) is 2.69. The maximum atomic E-state index is 4.25. The highest BCUT2D eigenvalue weighted by Crippen LogP contribution is 2.38. The Kier molecular flexibility index (Phi) is 1.47. The molecule has 2 aliphatic rings. The van der Waals surface area contributed by atoms with Crippen LogP contribution in [0.15, 0.2) is 0 Å². The summed E-state index contributed by atoms with van der Waals surface area (Å²) in [7, 11) is 2.21. The van der Waals surface area contributed by atoms with E-state index in [2.05, 4.69) is 27.4 Å². The lowest BCUT2D eigenvalue weighted by Gasteiger charge is -2.42. The molecule has 1 N–H and O–H groups in total. The van der Waals surface area contributed by atoms with Gasteiger partial charge in [0.05, 0.1) is 11.7 Å². The SMILES string of the molecule is CN1C2CCCC1c1n[nH]nc1C2. The van der Waals surface area contributed by atoms with E-state index >= 15 is 0 Å². The lowest BCUT2D eigenvalue weighted by Crippen LogP contribution is -2.44. The summed E-state index contributed by atoms with van der Waals surface area (Å²) in [6.45, 7) is 0. The summed E-state index contributed by atoms with van der Waals surface area (Å²) < 4.78 is 0. The van der Waals surface area contributed by atoms with Gasteiger partial charge in [0.1, 0.15) is 5.69 Å². The summed E-state index contributed by atoms with van der Waals surface area (Å²) in [4.78, 5) is 2.47. The molecule has 0 aromatic carbocycles. The van der Waals surface area contributed by atoms with Crippen LogP contribution < -0.4 is 0 Å². The molecule has 3 heterocycles. The van der Waals surface area contributed by atoms with Crippen molar-refractivity contribution in [3.63, 3.8) is 0 Å². The molecule has 3 rings (SSSR count). The van der Waals surface area contributed by atoms with E-state index < -0.39 is 0 Å². The van der Waals surface area contributed by atoms with E-state index in [-0.39, 0.29) is 0 Å². The van der Waals surface area contributed by atoms with Gasteiger partial charge in [-0.15, -0.1) is 0 Å². The average molecular weight is 178 g/mol. The molecule has 4 heteroatoms. The minimum atomic E-state index is 0.529. The fourth-order valence-corrected chi connectivity index (χ4v) is 2.69. The largest absolute Gasteiger partial charge is 0.294 e. The second-order valence-corrected chi connectivity index (χ2v) is 4.13. The highest BCUT2D eigenvalue weighted by molar-refractivity contribution is 5.20. The molecule has 0 spiro atoms. The van der Waals surface area contributed by atoms with E-state index in [1.807, 2.05) is 0 Å². The number of aromatic nitrogens is 3. The van der Waals surface area contributed by atoms with Crippen molar-refractivity contribution in [3.05, 3.63) is 11.4 Å². The summed E-state index contributed by atoms with van der Waals surface area (Å²) >= 11 is 0. The molecule has 1 fully saturated rings. The number of hydrogen-bond acceptors (Lipinski definition) is 3. The summed E-state index contributed by atoms with van der Waals surface area (Å²) in [5.41, 5.74) is 2.39. The highest BCUT2D eigenvalue weighted by atomic mass is 15.4. The Morgan fingerprint density at radius 1 is 1.38 bits per heavy atom. The van der Waals surface area contributed by atoms with Crippen LogP contribution in [0.4, 0.5) is 0 Å². The van der Waals surface area contributed by atoms with E-state index in [9.17, 15) is 0 Å². The van der Waals surface area contributed by atoms with Crippen LogP contribution in [-0.4, -0.2) is 33.4 Å². The van der Waals surface area contributed by atoms with Gasteiger partial charge in [0.2, 0.25) is 0 Å². The summed E-state index contributed by atoms with van der Waals surface area (Å²) in [6, 6.07) is 1.23. The predicted octanol–water partition coefficient (Wildman–Crippen LogP) is 0.886. The van der Waals surface area contributed by atoms with Crippen LogP contribution in [-0.2, 0) is 6.42 Å². The van der Waals surface area contributed by atoms with Crippen LogP contribution in [0.1, 0.15) is 36.7 Å². The number of rotatable bonds is 0. The number of likely N-dealkylation sites (N-methyl/N-ethyl adjacent to an activating group) is 1. The molecule has 0 aliphatic carbocycles. The van der Waals surface area contributed by atoms with Gasteiger partial charge in [0.15, 0.2) is 0 Å². The van der Waals surface area contributed by atoms with Gasteiger partial charge in [-0.25, -0.2) is 0 Å². The maximum absolute atomic E-state index is 4.25. The standard InChI is InChI=1S/C9H14N4/c1-13-6-3-2-4-8(13)9-7(5-6)10-12-11-9/h6,8H,2-5H2,1H3,(H,10,11,12). The average Bonchev–Trinajstić information content (AvgIpc) is 2.52. The first-order valence-corrected chi connectivity index (χ1v) is 4.98. The fraction of sp³-hybridized carbons (Fsp3) is 0.778. The van der Waals surface area contributed by atoms with Crippen molar-refractivity contribution in [2.45, 2.75) is 37.8 Å². The van der Waals surface area contributed by atoms with Gasteiger partial charge in [-0.2, -0.15) is 15.4 Å². The second-order valence-electron chi connectivity index (χ2n) is 4.13. The van der Waals surface area contributed by atoms with Crippen molar-refractivity contribution in [2.75, 3.05) is 7.05 Å². The van der Waals surface area contributed by atoms with Crippen LogP contribution in [0.5, 0.6) is 0 Å². The number of nitrogens with zero attached hydrogens (tertiary/aromatic N) is 3. The Bertz CT molecular complexity index is 319. The number of piperidine rings is 1. The van der Waals surface area contributed by atoms with Gasteiger partial charge >= 0.3 is 0 Å². The van der Waals surface area contributed by atoms with E-state index in [1.54, 1.807) is 0 Å². The first kappa shape index (κ1) is 7.50. The maximum Gasteiger partial charge on any atom is 0.103 e. The van der Waals surface area contributed by atoms with Crippen molar-refractivity contribution in [3.8, 4) is 0 Å². The second kappa shape index (κ2) is 2.54. The summed E-state index contributed by atoms with van der Waals surface area (Å²) in [5.74, 6) is 0. The molecule has 0 amide bonds. The van der Waals surface area contributed by atoms with E-state index in [0.29, 0.717) is 12.1 Å². The van der Waals surface area contributed by atoms with Crippen LogP contribution >= 0.6 is 0 Å². The molecule has 0 saturated carbocycles. The molecular weight excluding hydrogens is 164 g/mol. The zero-order chi connectivity index (χ0) is 8.84. The first-order valence-electron chi connectivity index (χ1n) is 4.98. The molecule has 13 heavy (non-hydrogen) atoms. The zero-order valence-corrected chi connectivity index (χ0v) is 7.82. The summed E-state index contributed by atoms with van der Waals surface area (Å²) in [6.07, 6.45) is 4.98. The molecule has 2 unspecified atom stereocenters. The quantitative estimate of drug-likeness (QED) is 0.641. The van der Waals surface area contributed by atoms with Crippen molar-refractivity contribution < 1.29 is 0 Å². The lowest BCUT2D eigenvalue weighted by atomic mass is 9.86. The van der Waals surface area contributed by atoms with Gasteiger partial charge in [-0.1, -0.05) is 0 Å². The zero-order valence-electron chi connectivity index (χ0n) is 7.82. The molecule has 1 aromatic heterocycles. The lowest BCUT2D eigenvalue weighted by molar-refractivity contribution is 0.0964. The molecular formula is C9H14N4. The van der Waals surface area contributed by atoms with Gasteiger partial charge in [-0.3, -0.25) is 4.90 Å². The summed E-state index contributed by atoms with van der Waals surface area (Å²) in [5, 5.41) is 11.2. The van der Waals surface area contributed by atoms with Gasteiger partial charge in [0, 0.05) is 12.5 Å². The molecule has 2 bridgehead atoms. The topological polar surface area (TPSA) is 44.8 Å². The van der Waals surface area contributed by atoms with Crippen LogP contribution in [0.25, 0.3) is 0 Å². The smallest absolute Gasteiger partial charge is 0.103 e. The molecule has 4 nitrogen and oxygen atoms in total. The van der Waals surface area contributed by atoms with Gasteiger partial charge < -0.3 is 0 Å². The van der Waals surface area contributed by atoms with Crippen LogP contribution in [0.3, 0.4) is 0 Å². The third kappa shape index (κ3) is 0.950. The minimum Gasteiger partial charge on any atom is -0.294 e. The van der Waals surface area contributed by atoms with Crippen molar-refractivity contribution in [1.29, 1.82) is 0 Å². The van der Waals surface area contributed by atoms with E-state index in [0.717, 1.165) is 6.42 Å². The van der Waals surface area contributed by atoms with Crippen LogP contribution in [0.2, 0.25) is 0 Å². The predicted molar refractivity (Wildman–Crippen MR) is 48.2 cm³/mol. The minimum absolute atomic E-state index is 0.529. The van der Waals surface area contributed by atoms with Crippen LogP contribution in [0, 0.1) is 0 Å². The number of H-pyrrole nitrogens is 1. The molecule has 70 valence electrons. The Morgan fingerprint density at radius 3 is 3.23 bits per heavy atom. The Labute approximate surface area is 77.3 Å².